The zero-order chi connectivity index (χ0) is 13.8. The number of carbonyl (C=O) groups is 1. The molecule has 1 aromatic carbocycles. The lowest BCUT2D eigenvalue weighted by atomic mass is 10.0. The quantitative estimate of drug-likeness (QED) is 0.819. The van der Waals surface area contributed by atoms with Crippen LogP contribution in [0.2, 0.25) is 0 Å². The van der Waals surface area contributed by atoms with Crippen molar-refractivity contribution in [3.8, 4) is 0 Å². The van der Waals surface area contributed by atoms with Crippen LogP contribution < -0.4 is 10.6 Å². The maximum Gasteiger partial charge on any atom is 0.233 e. The summed E-state index contributed by atoms with van der Waals surface area (Å²) in [5.41, 5.74) is 1.25. The molecule has 0 aliphatic rings. The number of hydrogen-bond donors (Lipinski definition) is 2. The second-order valence-corrected chi connectivity index (χ2v) is 4.56. The van der Waals surface area contributed by atoms with E-state index in [9.17, 15) is 4.79 Å². The van der Waals surface area contributed by atoms with Crippen molar-refractivity contribution in [1.82, 2.24) is 10.6 Å². The van der Waals surface area contributed by atoms with Crippen molar-refractivity contribution >= 4 is 29.1 Å². The van der Waals surface area contributed by atoms with Gasteiger partial charge in [-0.05, 0) is 18.5 Å². The van der Waals surface area contributed by atoms with Gasteiger partial charge in [0.25, 0.3) is 0 Å². The SMILES string of the molecule is CNCC(=O)NCC(C)c1ccccc1.ClCCl. The van der Waals surface area contributed by atoms with E-state index in [2.05, 4.69) is 29.7 Å². The summed E-state index contributed by atoms with van der Waals surface area (Å²) < 4.78 is 0. The highest BCUT2D eigenvalue weighted by Gasteiger charge is 2.06. The van der Waals surface area contributed by atoms with Crippen LogP contribution in [0.15, 0.2) is 30.3 Å². The van der Waals surface area contributed by atoms with Crippen molar-refractivity contribution in [3.05, 3.63) is 35.9 Å². The highest BCUT2D eigenvalue weighted by Crippen LogP contribution is 2.12. The molecule has 0 aromatic heterocycles. The summed E-state index contributed by atoms with van der Waals surface area (Å²) >= 11 is 9.53. The summed E-state index contributed by atoms with van der Waals surface area (Å²) in [4.78, 5) is 11.2. The first-order chi connectivity index (χ1) is 8.65. The number of nitrogens with one attached hydrogen (secondary N) is 2. The summed E-state index contributed by atoms with van der Waals surface area (Å²) in [6.45, 7) is 3.17. The molecule has 1 unspecified atom stereocenters. The van der Waals surface area contributed by atoms with Gasteiger partial charge in [-0.3, -0.25) is 4.79 Å². The van der Waals surface area contributed by atoms with Gasteiger partial charge in [0.2, 0.25) is 5.91 Å². The van der Waals surface area contributed by atoms with Gasteiger partial charge < -0.3 is 10.6 Å². The molecular weight excluding hydrogens is 271 g/mol. The second kappa shape index (κ2) is 11.3. The molecule has 1 amide bonds. The number of carbonyl (C=O) groups excluding carboxylic acids is 1. The monoisotopic (exact) mass is 290 g/mol. The molecule has 0 aliphatic carbocycles. The molecule has 0 radical (unpaired) electrons. The average Bonchev–Trinajstić information content (AvgIpc) is 2.38. The fourth-order valence-corrected chi connectivity index (χ4v) is 1.39. The molecule has 0 spiro atoms. The topological polar surface area (TPSA) is 41.1 Å². The molecule has 0 bridgehead atoms. The molecular formula is C13H20Cl2N2O. The molecule has 102 valence electrons. The van der Waals surface area contributed by atoms with Crippen LogP contribution in [-0.2, 0) is 4.79 Å². The zero-order valence-electron chi connectivity index (χ0n) is 10.7. The molecule has 0 aliphatic heterocycles. The van der Waals surface area contributed by atoms with Crippen LogP contribution in [0, 0.1) is 0 Å². The Bertz CT molecular complexity index is 320. The molecule has 3 nitrogen and oxygen atoms in total. The third-order valence-electron chi connectivity index (χ3n) is 2.31. The van der Waals surface area contributed by atoms with Crippen molar-refractivity contribution in [1.29, 1.82) is 0 Å². The number of alkyl halides is 2. The second-order valence-electron chi connectivity index (χ2n) is 3.75. The van der Waals surface area contributed by atoms with E-state index in [0.29, 0.717) is 19.0 Å². The standard InChI is InChI=1S/C12H18N2O.CH2Cl2/c1-10(8-14-12(15)9-13-2)11-6-4-3-5-7-11;2-1-3/h3-7,10,13H,8-9H2,1-2H3,(H,14,15);1H2. The molecule has 5 heteroatoms. The summed E-state index contributed by atoms with van der Waals surface area (Å²) in [7, 11) is 1.76. The van der Waals surface area contributed by atoms with E-state index in [1.807, 2.05) is 18.2 Å². The smallest absolute Gasteiger partial charge is 0.233 e. The molecule has 0 saturated heterocycles. The Kier molecular flexibility index (Phi) is 10.8. The fourth-order valence-electron chi connectivity index (χ4n) is 1.39. The lowest BCUT2D eigenvalue weighted by Crippen LogP contribution is -2.34. The summed E-state index contributed by atoms with van der Waals surface area (Å²) in [5.74, 6) is 0.396. The van der Waals surface area contributed by atoms with Crippen molar-refractivity contribution in [2.45, 2.75) is 12.8 Å². The number of benzene rings is 1. The van der Waals surface area contributed by atoms with E-state index in [4.69, 9.17) is 23.2 Å². The maximum absolute atomic E-state index is 11.2. The van der Waals surface area contributed by atoms with Crippen LogP contribution >= 0.6 is 23.2 Å². The molecule has 0 fully saturated rings. The minimum absolute atomic E-state index is 0.0419. The van der Waals surface area contributed by atoms with Crippen LogP contribution in [0.3, 0.4) is 0 Å². The van der Waals surface area contributed by atoms with Crippen LogP contribution in [0.1, 0.15) is 18.4 Å². The highest BCUT2D eigenvalue weighted by atomic mass is 35.5. The molecule has 1 rings (SSSR count). The van der Waals surface area contributed by atoms with Gasteiger partial charge >= 0.3 is 0 Å². The number of rotatable bonds is 5. The van der Waals surface area contributed by atoms with Crippen molar-refractivity contribution in [2.75, 3.05) is 25.5 Å². The first-order valence-electron chi connectivity index (χ1n) is 5.73. The maximum atomic E-state index is 11.2. The van der Waals surface area contributed by atoms with E-state index in [1.165, 1.54) is 5.56 Å². The number of amides is 1. The molecule has 0 heterocycles. The minimum atomic E-state index is 0.0419. The van der Waals surface area contributed by atoms with Crippen LogP contribution in [0.5, 0.6) is 0 Å². The van der Waals surface area contributed by atoms with Gasteiger partial charge in [0.1, 0.15) is 0 Å². The van der Waals surface area contributed by atoms with Crippen LogP contribution in [0.4, 0.5) is 0 Å². The van der Waals surface area contributed by atoms with Gasteiger partial charge in [0, 0.05) is 6.54 Å². The van der Waals surface area contributed by atoms with Gasteiger partial charge in [0.15, 0.2) is 0 Å². The molecule has 2 N–H and O–H groups in total. The zero-order valence-corrected chi connectivity index (χ0v) is 12.3. The van der Waals surface area contributed by atoms with Crippen LogP contribution in [0.25, 0.3) is 0 Å². The largest absolute Gasteiger partial charge is 0.354 e. The van der Waals surface area contributed by atoms with Gasteiger partial charge in [-0.25, -0.2) is 0 Å². The van der Waals surface area contributed by atoms with Crippen molar-refractivity contribution in [2.24, 2.45) is 0 Å². The van der Waals surface area contributed by atoms with Crippen molar-refractivity contribution in [3.63, 3.8) is 0 Å². The van der Waals surface area contributed by atoms with E-state index in [-0.39, 0.29) is 11.2 Å². The van der Waals surface area contributed by atoms with E-state index < -0.39 is 0 Å². The minimum Gasteiger partial charge on any atom is -0.354 e. The fraction of sp³-hybridized carbons (Fsp3) is 0.462. The van der Waals surface area contributed by atoms with E-state index in [1.54, 1.807) is 7.05 Å². The molecule has 1 aromatic rings. The summed E-state index contributed by atoms with van der Waals surface area (Å²) in [5, 5.41) is 5.89. The summed E-state index contributed by atoms with van der Waals surface area (Å²) in [6.07, 6.45) is 0. The lowest BCUT2D eigenvalue weighted by molar-refractivity contribution is -0.120. The van der Waals surface area contributed by atoms with E-state index in [0.717, 1.165) is 0 Å². The van der Waals surface area contributed by atoms with Crippen LogP contribution in [-0.4, -0.2) is 31.4 Å². The molecule has 18 heavy (non-hydrogen) atoms. The Hall–Kier alpha value is -0.770. The number of likely N-dealkylation sites (N-methyl/N-ethyl adjacent to an activating group) is 1. The van der Waals surface area contributed by atoms with Crippen molar-refractivity contribution < 1.29 is 4.79 Å². The predicted octanol–water partition coefficient (Wildman–Crippen LogP) is 2.55. The highest BCUT2D eigenvalue weighted by molar-refractivity contribution is 6.40. The third kappa shape index (κ3) is 8.34. The first-order valence-corrected chi connectivity index (χ1v) is 6.80. The third-order valence-corrected chi connectivity index (χ3v) is 2.31. The summed E-state index contributed by atoms with van der Waals surface area (Å²) in [6, 6.07) is 10.2. The van der Waals surface area contributed by atoms with Gasteiger partial charge in [-0.2, -0.15) is 0 Å². The Morgan fingerprint density at radius 1 is 1.28 bits per heavy atom. The average molecular weight is 291 g/mol. The Morgan fingerprint density at radius 2 is 1.83 bits per heavy atom. The van der Waals surface area contributed by atoms with Gasteiger partial charge in [-0.1, -0.05) is 37.3 Å². The first kappa shape index (κ1) is 17.2. The Morgan fingerprint density at radius 3 is 2.33 bits per heavy atom. The Labute approximate surface area is 119 Å². The lowest BCUT2D eigenvalue weighted by Gasteiger charge is -2.12. The molecule has 1 atom stereocenters. The molecule has 0 saturated carbocycles. The number of hydrogen-bond acceptors (Lipinski definition) is 2. The Balaban J connectivity index is 0.000000873. The van der Waals surface area contributed by atoms with Gasteiger partial charge in [0.05, 0.1) is 11.9 Å². The van der Waals surface area contributed by atoms with E-state index >= 15 is 0 Å². The van der Waals surface area contributed by atoms with Gasteiger partial charge in [-0.15, -0.1) is 23.2 Å². The number of halogens is 2. The predicted molar refractivity (Wildman–Crippen MR) is 78.4 cm³/mol. The normalized spacial score (nSPS) is 11.1.